The van der Waals surface area contributed by atoms with Crippen LogP contribution in [0.5, 0.6) is 0 Å². The van der Waals surface area contributed by atoms with Gasteiger partial charge in [-0.2, -0.15) is 0 Å². The van der Waals surface area contributed by atoms with E-state index in [9.17, 15) is 8.42 Å². The number of thiophene rings is 1. The molecule has 0 saturated heterocycles. The van der Waals surface area contributed by atoms with Crippen molar-refractivity contribution in [3.8, 4) is 0 Å². The number of nitrogens with one attached hydrogen (secondary N) is 1. The monoisotopic (exact) mass is 385 g/mol. The third kappa shape index (κ3) is 4.00. The second-order valence-electron chi connectivity index (χ2n) is 5.86. The average molecular weight is 386 g/mol. The first-order valence-electron chi connectivity index (χ1n) is 7.89. The molecule has 0 unspecified atom stereocenters. The molecule has 1 atom stereocenters. The molecule has 0 amide bonds. The fraction of sp³-hybridized carbons (Fsp3) is 0.412. The second kappa shape index (κ2) is 7.54. The number of ether oxygens (including phenoxy) is 1. The van der Waals surface area contributed by atoms with E-state index in [2.05, 4.69) is 4.72 Å². The van der Waals surface area contributed by atoms with Gasteiger partial charge in [0, 0.05) is 18.5 Å². The van der Waals surface area contributed by atoms with Gasteiger partial charge in [0.2, 0.25) is 10.0 Å². The molecule has 1 aliphatic carbocycles. The maximum Gasteiger partial charge on any atom is 0.240 e. The number of halogens is 1. The van der Waals surface area contributed by atoms with Crippen LogP contribution in [0.4, 0.5) is 0 Å². The van der Waals surface area contributed by atoms with E-state index in [1.807, 2.05) is 12.1 Å². The number of methoxy groups -OCH3 is 1. The highest BCUT2D eigenvalue weighted by Gasteiger charge is 2.21. The smallest absolute Gasteiger partial charge is 0.240 e. The first kappa shape index (κ1) is 17.9. The van der Waals surface area contributed by atoms with Gasteiger partial charge >= 0.3 is 0 Å². The van der Waals surface area contributed by atoms with Crippen LogP contribution in [0, 0.1) is 0 Å². The van der Waals surface area contributed by atoms with Crippen molar-refractivity contribution < 1.29 is 13.2 Å². The van der Waals surface area contributed by atoms with E-state index >= 15 is 0 Å². The molecular formula is C17H20ClNO3S2. The summed E-state index contributed by atoms with van der Waals surface area (Å²) in [5, 5.41) is 0. The normalized spacial score (nSPS) is 15.9. The molecule has 1 aromatic heterocycles. The highest BCUT2D eigenvalue weighted by Crippen LogP contribution is 2.29. The Morgan fingerprint density at radius 3 is 2.62 bits per heavy atom. The number of rotatable bonds is 6. The van der Waals surface area contributed by atoms with Crippen LogP contribution in [-0.2, 0) is 27.6 Å². The number of sulfonamides is 1. The van der Waals surface area contributed by atoms with E-state index in [1.54, 1.807) is 25.3 Å². The molecule has 24 heavy (non-hydrogen) atoms. The van der Waals surface area contributed by atoms with Crippen LogP contribution in [0.3, 0.4) is 0 Å². The van der Waals surface area contributed by atoms with Crippen LogP contribution >= 0.6 is 22.9 Å². The SMILES string of the molecule is CO[C@H](CNS(=O)(=O)c1ccc2c(c1)CCCC2)c1ccc(Cl)s1. The van der Waals surface area contributed by atoms with Crippen LogP contribution in [0.2, 0.25) is 4.34 Å². The molecule has 0 spiro atoms. The Bertz CT molecular complexity index is 817. The summed E-state index contributed by atoms with van der Waals surface area (Å²) in [5.74, 6) is 0. The Hall–Kier alpha value is -0.920. The van der Waals surface area contributed by atoms with Crippen LogP contribution in [0.25, 0.3) is 0 Å². The highest BCUT2D eigenvalue weighted by molar-refractivity contribution is 7.89. The van der Waals surface area contributed by atoms with Gasteiger partial charge in [0.05, 0.1) is 9.23 Å². The van der Waals surface area contributed by atoms with Crippen LogP contribution in [0.15, 0.2) is 35.2 Å². The zero-order valence-corrected chi connectivity index (χ0v) is 15.8. The van der Waals surface area contributed by atoms with Gasteiger partial charge in [-0.05, 0) is 61.1 Å². The first-order chi connectivity index (χ1) is 11.5. The number of hydrogen-bond acceptors (Lipinski definition) is 4. The predicted octanol–water partition coefficient (Wildman–Crippen LogP) is 3.95. The van der Waals surface area contributed by atoms with E-state index in [0.717, 1.165) is 29.7 Å². The molecule has 1 aliphatic rings. The molecule has 2 aromatic rings. The summed E-state index contributed by atoms with van der Waals surface area (Å²) in [5.41, 5.74) is 2.42. The molecule has 0 bridgehead atoms. The van der Waals surface area contributed by atoms with E-state index < -0.39 is 10.0 Å². The predicted molar refractivity (Wildman–Crippen MR) is 97.4 cm³/mol. The standard InChI is InChI=1S/C17H20ClNO3S2/c1-22-15(16-8-9-17(18)23-16)11-19-24(20,21)14-7-6-12-4-2-3-5-13(12)10-14/h6-10,15,19H,2-5,11H2,1H3/t15-/m1/s1. The molecule has 1 aromatic carbocycles. The van der Waals surface area contributed by atoms with Gasteiger partial charge in [-0.3, -0.25) is 0 Å². The van der Waals surface area contributed by atoms with Crippen molar-refractivity contribution in [1.82, 2.24) is 4.72 Å². The van der Waals surface area contributed by atoms with E-state index in [-0.39, 0.29) is 12.6 Å². The van der Waals surface area contributed by atoms with Crippen molar-refractivity contribution in [2.45, 2.75) is 36.7 Å². The van der Waals surface area contributed by atoms with Crippen LogP contribution in [0.1, 0.15) is 34.9 Å². The summed E-state index contributed by atoms with van der Waals surface area (Å²) in [4.78, 5) is 1.22. The molecular weight excluding hydrogens is 366 g/mol. The number of aryl methyl sites for hydroxylation is 2. The van der Waals surface area contributed by atoms with E-state index in [4.69, 9.17) is 16.3 Å². The largest absolute Gasteiger partial charge is 0.375 e. The Kier molecular flexibility index (Phi) is 5.62. The molecule has 0 aliphatic heterocycles. The Labute approximate surface area is 151 Å². The maximum atomic E-state index is 12.6. The minimum absolute atomic E-state index is 0.173. The summed E-state index contributed by atoms with van der Waals surface area (Å²) < 4.78 is 33.9. The Morgan fingerprint density at radius 2 is 1.96 bits per heavy atom. The zero-order chi connectivity index (χ0) is 17.2. The van der Waals surface area contributed by atoms with Gasteiger partial charge in [0.25, 0.3) is 0 Å². The second-order valence-corrected chi connectivity index (χ2v) is 9.37. The van der Waals surface area contributed by atoms with E-state index in [0.29, 0.717) is 9.23 Å². The molecule has 3 rings (SSSR count). The van der Waals surface area contributed by atoms with E-state index in [1.165, 1.54) is 23.3 Å². The lowest BCUT2D eigenvalue weighted by molar-refractivity contribution is 0.110. The molecule has 0 fully saturated rings. The summed E-state index contributed by atoms with van der Waals surface area (Å²) in [7, 11) is -2.00. The summed E-state index contributed by atoms with van der Waals surface area (Å²) in [6, 6.07) is 9.08. The number of benzene rings is 1. The quantitative estimate of drug-likeness (QED) is 0.819. The molecule has 1 heterocycles. The maximum absolute atomic E-state index is 12.6. The van der Waals surface area contributed by atoms with Gasteiger partial charge in [-0.15, -0.1) is 11.3 Å². The minimum atomic E-state index is -3.56. The minimum Gasteiger partial charge on any atom is -0.375 e. The topological polar surface area (TPSA) is 55.4 Å². The van der Waals surface area contributed by atoms with Crippen LogP contribution in [-0.4, -0.2) is 22.1 Å². The van der Waals surface area contributed by atoms with Crippen LogP contribution < -0.4 is 4.72 Å². The third-order valence-electron chi connectivity index (χ3n) is 4.28. The fourth-order valence-electron chi connectivity index (χ4n) is 2.95. The molecule has 4 nitrogen and oxygen atoms in total. The summed E-state index contributed by atoms with van der Waals surface area (Å²) >= 11 is 7.33. The first-order valence-corrected chi connectivity index (χ1v) is 10.6. The molecule has 130 valence electrons. The van der Waals surface area contributed by atoms with Crippen molar-refractivity contribution in [2.75, 3.05) is 13.7 Å². The van der Waals surface area contributed by atoms with Gasteiger partial charge in [-0.25, -0.2) is 13.1 Å². The summed E-state index contributed by atoms with van der Waals surface area (Å²) in [6.45, 7) is 0.173. The molecule has 0 radical (unpaired) electrons. The lowest BCUT2D eigenvalue weighted by Crippen LogP contribution is -2.29. The fourth-order valence-corrected chi connectivity index (χ4v) is 5.17. The lowest BCUT2D eigenvalue weighted by atomic mass is 9.92. The lowest BCUT2D eigenvalue weighted by Gasteiger charge is -2.18. The third-order valence-corrected chi connectivity index (χ3v) is 7.03. The van der Waals surface area contributed by atoms with Crippen molar-refractivity contribution in [2.24, 2.45) is 0 Å². The molecule has 0 saturated carbocycles. The van der Waals surface area contributed by atoms with Gasteiger partial charge in [0.15, 0.2) is 0 Å². The number of hydrogen-bond donors (Lipinski definition) is 1. The van der Waals surface area contributed by atoms with Crippen molar-refractivity contribution in [3.63, 3.8) is 0 Å². The van der Waals surface area contributed by atoms with Gasteiger partial charge in [-0.1, -0.05) is 17.7 Å². The number of fused-ring (bicyclic) bond motifs is 1. The highest BCUT2D eigenvalue weighted by atomic mass is 35.5. The zero-order valence-electron chi connectivity index (χ0n) is 13.4. The Morgan fingerprint density at radius 1 is 1.21 bits per heavy atom. The van der Waals surface area contributed by atoms with Crippen molar-refractivity contribution in [3.05, 3.63) is 50.7 Å². The average Bonchev–Trinajstić information content (AvgIpc) is 3.01. The molecule has 1 N–H and O–H groups in total. The van der Waals surface area contributed by atoms with Gasteiger partial charge < -0.3 is 4.74 Å². The molecule has 7 heteroatoms. The van der Waals surface area contributed by atoms with Crippen molar-refractivity contribution in [1.29, 1.82) is 0 Å². The Balaban J connectivity index is 1.73. The van der Waals surface area contributed by atoms with Crippen molar-refractivity contribution >= 4 is 33.0 Å². The van der Waals surface area contributed by atoms with Gasteiger partial charge in [0.1, 0.15) is 6.10 Å². The summed E-state index contributed by atoms with van der Waals surface area (Å²) in [6.07, 6.45) is 3.93.